The Kier molecular flexibility index (Phi) is 5.79. The molecule has 2 aromatic carbocycles. The number of benzene rings is 2. The van der Waals surface area contributed by atoms with Crippen LogP contribution in [0.25, 0.3) is 0 Å². The van der Waals surface area contributed by atoms with E-state index in [1.807, 2.05) is 0 Å². The smallest absolute Gasteiger partial charge is 0.341 e. The lowest BCUT2D eigenvalue weighted by Crippen LogP contribution is -2.02. The molecular formula is C17H14N2O5. The van der Waals surface area contributed by atoms with Gasteiger partial charge in [0.25, 0.3) is 6.47 Å². The first-order valence-electron chi connectivity index (χ1n) is 6.82. The van der Waals surface area contributed by atoms with Crippen LogP contribution in [0.15, 0.2) is 52.7 Å². The first kappa shape index (κ1) is 16.9. The Balaban J connectivity index is 2.05. The van der Waals surface area contributed by atoms with Crippen LogP contribution in [-0.2, 0) is 9.53 Å². The van der Waals surface area contributed by atoms with Gasteiger partial charge in [-0.2, -0.15) is 10.2 Å². The highest BCUT2D eigenvalue weighted by atomic mass is 16.5. The van der Waals surface area contributed by atoms with E-state index in [2.05, 4.69) is 19.7 Å². The average Bonchev–Trinajstić information content (AvgIpc) is 2.61. The van der Waals surface area contributed by atoms with Gasteiger partial charge in [0.05, 0.1) is 19.5 Å². The lowest BCUT2D eigenvalue weighted by molar-refractivity contribution is -0.120. The third kappa shape index (κ3) is 4.51. The molecule has 1 N–H and O–H groups in total. The van der Waals surface area contributed by atoms with Crippen molar-refractivity contribution in [2.24, 2.45) is 10.2 Å². The summed E-state index contributed by atoms with van der Waals surface area (Å²) >= 11 is 0. The van der Waals surface area contributed by atoms with E-state index in [9.17, 15) is 14.7 Å². The minimum atomic E-state index is -0.635. The molecule has 7 heteroatoms. The lowest BCUT2D eigenvalue weighted by Gasteiger charge is -2.02. The van der Waals surface area contributed by atoms with Crippen LogP contribution in [0.2, 0.25) is 0 Å². The van der Waals surface area contributed by atoms with Crippen molar-refractivity contribution < 1.29 is 24.2 Å². The van der Waals surface area contributed by atoms with E-state index in [0.29, 0.717) is 17.8 Å². The third-order valence-corrected chi connectivity index (χ3v) is 2.97. The SMILES string of the molecule is COC(=O)c1cc(C=NN=Cc2ccc(OC=O)cc2)ccc1O. The predicted octanol–water partition coefficient (Wildman–Crippen LogP) is 2.17. The number of methoxy groups -OCH3 is 1. The highest BCUT2D eigenvalue weighted by Gasteiger charge is 2.11. The summed E-state index contributed by atoms with van der Waals surface area (Å²) in [5, 5.41) is 17.4. The molecule has 0 amide bonds. The van der Waals surface area contributed by atoms with Crippen LogP contribution < -0.4 is 4.74 Å². The molecule has 0 aliphatic heterocycles. The predicted molar refractivity (Wildman–Crippen MR) is 87.8 cm³/mol. The van der Waals surface area contributed by atoms with Gasteiger partial charge in [0, 0.05) is 0 Å². The van der Waals surface area contributed by atoms with Gasteiger partial charge in [0.1, 0.15) is 17.1 Å². The standard InChI is InChI=1S/C17H14N2O5/c1-23-17(22)15-8-13(4-7-16(15)21)10-19-18-9-12-2-5-14(6-3-12)24-11-20/h2-11,21H,1H3. The van der Waals surface area contributed by atoms with Crippen molar-refractivity contribution in [2.75, 3.05) is 7.11 Å². The molecule has 0 fully saturated rings. The number of hydrogen-bond acceptors (Lipinski definition) is 7. The van der Waals surface area contributed by atoms with E-state index >= 15 is 0 Å². The van der Waals surface area contributed by atoms with Gasteiger partial charge in [-0.05, 0) is 53.6 Å². The maximum Gasteiger partial charge on any atom is 0.341 e. The van der Waals surface area contributed by atoms with E-state index in [-0.39, 0.29) is 11.3 Å². The second-order valence-corrected chi connectivity index (χ2v) is 4.54. The number of esters is 1. The Morgan fingerprint density at radius 2 is 1.67 bits per heavy atom. The fourth-order valence-electron chi connectivity index (χ4n) is 1.80. The molecule has 0 saturated carbocycles. The van der Waals surface area contributed by atoms with Crippen molar-refractivity contribution in [3.63, 3.8) is 0 Å². The Labute approximate surface area is 137 Å². The van der Waals surface area contributed by atoms with Crippen molar-refractivity contribution in [1.29, 1.82) is 0 Å². The molecular weight excluding hydrogens is 312 g/mol. The van der Waals surface area contributed by atoms with Crippen molar-refractivity contribution >= 4 is 24.9 Å². The van der Waals surface area contributed by atoms with Gasteiger partial charge < -0.3 is 14.6 Å². The number of carbonyl (C=O) groups is 2. The Morgan fingerprint density at radius 3 is 2.29 bits per heavy atom. The molecule has 0 heterocycles. The van der Waals surface area contributed by atoms with Crippen molar-refractivity contribution in [3.8, 4) is 11.5 Å². The molecule has 0 atom stereocenters. The fourth-order valence-corrected chi connectivity index (χ4v) is 1.80. The molecule has 0 aliphatic carbocycles. The third-order valence-electron chi connectivity index (χ3n) is 2.97. The van der Waals surface area contributed by atoms with Crippen molar-refractivity contribution in [3.05, 3.63) is 59.2 Å². The van der Waals surface area contributed by atoms with Gasteiger partial charge in [-0.1, -0.05) is 0 Å². The zero-order valence-electron chi connectivity index (χ0n) is 12.7. The molecule has 2 rings (SSSR count). The summed E-state index contributed by atoms with van der Waals surface area (Å²) in [6.45, 7) is 0.355. The first-order chi connectivity index (χ1) is 11.6. The van der Waals surface area contributed by atoms with Gasteiger partial charge in [-0.15, -0.1) is 0 Å². The van der Waals surface area contributed by atoms with Gasteiger partial charge in [0.15, 0.2) is 0 Å². The van der Waals surface area contributed by atoms with E-state index in [0.717, 1.165) is 5.56 Å². The van der Waals surface area contributed by atoms with E-state index < -0.39 is 5.97 Å². The van der Waals surface area contributed by atoms with Gasteiger partial charge in [-0.25, -0.2) is 4.79 Å². The Bertz CT molecular complexity index is 782. The van der Waals surface area contributed by atoms with Gasteiger partial charge >= 0.3 is 5.97 Å². The second-order valence-electron chi connectivity index (χ2n) is 4.54. The number of phenols is 1. The maximum absolute atomic E-state index is 11.5. The number of hydrogen-bond donors (Lipinski definition) is 1. The molecule has 0 unspecified atom stereocenters. The number of phenolic OH excluding ortho intramolecular Hbond substituents is 1. The fraction of sp³-hybridized carbons (Fsp3) is 0.0588. The topological polar surface area (TPSA) is 97.5 Å². The summed E-state index contributed by atoms with van der Waals surface area (Å²) in [4.78, 5) is 21.7. The Hall–Kier alpha value is -3.48. The summed E-state index contributed by atoms with van der Waals surface area (Å²) < 4.78 is 9.26. The number of carbonyl (C=O) groups excluding carboxylic acids is 2. The number of aromatic hydroxyl groups is 1. The summed E-state index contributed by atoms with van der Waals surface area (Å²) in [7, 11) is 1.23. The molecule has 7 nitrogen and oxygen atoms in total. The van der Waals surface area contributed by atoms with Crippen LogP contribution in [0, 0.1) is 0 Å². The molecule has 2 aromatic rings. The number of nitrogens with zero attached hydrogens (tertiary/aromatic N) is 2. The van der Waals surface area contributed by atoms with Crippen LogP contribution in [-0.4, -0.2) is 37.1 Å². The van der Waals surface area contributed by atoms with Crippen LogP contribution in [0.3, 0.4) is 0 Å². The highest BCUT2D eigenvalue weighted by molar-refractivity contribution is 5.95. The van der Waals surface area contributed by atoms with E-state index in [1.54, 1.807) is 30.3 Å². The van der Waals surface area contributed by atoms with Gasteiger partial charge in [0.2, 0.25) is 0 Å². The second kappa shape index (κ2) is 8.23. The summed E-state index contributed by atoms with van der Waals surface area (Å²) in [5.74, 6) is -0.367. The number of rotatable bonds is 6. The van der Waals surface area contributed by atoms with Crippen LogP contribution in [0.4, 0.5) is 0 Å². The van der Waals surface area contributed by atoms with E-state index in [4.69, 9.17) is 0 Å². The summed E-state index contributed by atoms with van der Waals surface area (Å²) in [6.07, 6.45) is 2.95. The highest BCUT2D eigenvalue weighted by Crippen LogP contribution is 2.18. The Morgan fingerprint density at radius 1 is 1.04 bits per heavy atom. The molecule has 24 heavy (non-hydrogen) atoms. The lowest BCUT2D eigenvalue weighted by atomic mass is 10.1. The molecule has 0 spiro atoms. The largest absolute Gasteiger partial charge is 0.507 e. The quantitative estimate of drug-likeness (QED) is 0.380. The zero-order chi connectivity index (χ0) is 17.4. The monoisotopic (exact) mass is 326 g/mol. The number of ether oxygens (including phenoxy) is 2. The zero-order valence-corrected chi connectivity index (χ0v) is 12.7. The summed E-state index contributed by atoms with van der Waals surface area (Å²) in [5.41, 5.74) is 1.41. The van der Waals surface area contributed by atoms with Crippen molar-refractivity contribution in [1.82, 2.24) is 0 Å². The van der Waals surface area contributed by atoms with Crippen molar-refractivity contribution in [2.45, 2.75) is 0 Å². The van der Waals surface area contributed by atoms with Crippen LogP contribution in [0.1, 0.15) is 21.5 Å². The minimum absolute atomic E-state index is 0.0520. The molecule has 0 aromatic heterocycles. The van der Waals surface area contributed by atoms with E-state index in [1.165, 1.54) is 31.7 Å². The molecule has 122 valence electrons. The summed E-state index contributed by atoms with van der Waals surface area (Å²) in [6, 6.07) is 11.1. The molecule has 0 aliphatic rings. The minimum Gasteiger partial charge on any atom is -0.507 e. The van der Waals surface area contributed by atoms with Crippen LogP contribution in [0.5, 0.6) is 11.5 Å². The first-order valence-corrected chi connectivity index (χ1v) is 6.82. The van der Waals surface area contributed by atoms with Gasteiger partial charge in [-0.3, -0.25) is 4.79 Å². The van der Waals surface area contributed by atoms with Crippen LogP contribution >= 0.6 is 0 Å². The molecule has 0 bridgehead atoms. The normalized spacial score (nSPS) is 10.9. The molecule has 0 saturated heterocycles. The molecule has 0 radical (unpaired) electrons. The maximum atomic E-state index is 11.5. The average molecular weight is 326 g/mol.